The summed E-state index contributed by atoms with van der Waals surface area (Å²) < 4.78 is 5.04. The maximum Gasteiger partial charge on any atom is 0.191 e. The van der Waals surface area contributed by atoms with E-state index in [1.807, 2.05) is 7.05 Å². The number of unbranched alkanes of at least 4 members (excludes halogenated alkanes) is 1. The first-order valence-corrected chi connectivity index (χ1v) is 6.86. The molecule has 0 fully saturated rings. The molecule has 0 aliphatic heterocycles. The largest absolute Gasteiger partial charge is 0.385 e. The topological polar surface area (TPSA) is 48.9 Å². The molecule has 0 aliphatic rings. The Kier molecular flexibility index (Phi) is 17.8. The number of methoxy groups -OCH3 is 1. The average molecular weight is 386 g/mol. The van der Waals surface area contributed by atoms with Gasteiger partial charge >= 0.3 is 0 Å². The number of hydrogen-bond donors (Lipinski definition) is 2. The minimum atomic E-state index is 0. The highest BCUT2D eigenvalue weighted by Crippen LogP contribution is 1.87. The fourth-order valence-electron chi connectivity index (χ4n) is 1.56. The number of halogens is 1. The van der Waals surface area contributed by atoms with Crippen molar-refractivity contribution in [1.82, 2.24) is 15.5 Å². The highest BCUT2D eigenvalue weighted by atomic mass is 127. The van der Waals surface area contributed by atoms with Gasteiger partial charge in [-0.3, -0.25) is 4.99 Å². The van der Waals surface area contributed by atoms with Gasteiger partial charge in [-0.25, -0.2) is 0 Å². The lowest BCUT2D eigenvalue weighted by Gasteiger charge is -2.18. The van der Waals surface area contributed by atoms with Crippen molar-refractivity contribution in [3.63, 3.8) is 0 Å². The lowest BCUT2D eigenvalue weighted by Crippen LogP contribution is -2.41. The summed E-state index contributed by atoms with van der Waals surface area (Å²) in [6.07, 6.45) is 3.46. The third kappa shape index (κ3) is 14.1. The molecule has 0 saturated heterocycles. The molecule has 0 aromatic carbocycles. The van der Waals surface area contributed by atoms with E-state index in [-0.39, 0.29) is 24.0 Å². The summed E-state index contributed by atoms with van der Waals surface area (Å²) in [4.78, 5) is 6.49. The highest BCUT2D eigenvalue weighted by molar-refractivity contribution is 14.0. The molecule has 2 N–H and O–H groups in total. The Labute approximate surface area is 135 Å². The second kappa shape index (κ2) is 16.0. The maximum atomic E-state index is 5.04. The Morgan fingerprint density at radius 3 is 2.42 bits per heavy atom. The summed E-state index contributed by atoms with van der Waals surface area (Å²) in [6, 6.07) is 0. The van der Waals surface area contributed by atoms with Crippen molar-refractivity contribution >= 4 is 29.9 Å². The zero-order chi connectivity index (χ0) is 13.6. The van der Waals surface area contributed by atoms with Crippen molar-refractivity contribution in [2.75, 3.05) is 54.0 Å². The van der Waals surface area contributed by atoms with E-state index in [4.69, 9.17) is 4.74 Å². The molecule has 0 aromatic rings. The van der Waals surface area contributed by atoms with Crippen LogP contribution in [0.5, 0.6) is 0 Å². The zero-order valence-corrected chi connectivity index (χ0v) is 15.2. The number of hydrogen-bond acceptors (Lipinski definition) is 3. The van der Waals surface area contributed by atoms with Gasteiger partial charge in [0.2, 0.25) is 0 Å². The maximum absolute atomic E-state index is 5.04. The molecule has 116 valence electrons. The predicted octanol–water partition coefficient (Wildman–Crippen LogP) is 1.54. The summed E-state index contributed by atoms with van der Waals surface area (Å²) in [6.45, 7) is 7.00. The van der Waals surface area contributed by atoms with Crippen LogP contribution in [0.25, 0.3) is 0 Å². The van der Waals surface area contributed by atoms with Gasteiger partial charge in [0.1, 0.15) is 0 Å². The van der Waals surface area contributed by atoms with E-state index in [0.29, 0.717) is 0 Å². The van der Waals surface area contributed by atoms with Gasteiger partial charge in [0.05, 0.1) is 0 Å². The highest BCUT2D eigenvalue weighted by Gasteiger charge is 1.99. The normalized spacial score (nSPS) is 11.3. The molecule has 6 heteroatoms. The van der Waals surface area contributed by atoms with Crippen LogP contribution >= 0.6 is 24.0 Å². The second-order valence-corrected chi connectivity index (χ2v) is 4.43. The van der Waals surface area contributed by atoms with E-state index in [2.05, 4.69) is 34.5 Å². The van der Waals surface area contributed by atoms with E-state index in [1.54, 1.807) is 7.11 Å². The Morgan fingerprint density at radius 2 is 1.84 bits per heavy atom. The molecule has 0 aromatic heterocycles. The Balaban J connectivity index is 0. The van der Waals surface area contributed by atoms with E-state index in [0.717, 1.165) is 45.2 Å². The van der Waals surface area contributed by atoms with Crippen LogP contribution in [0.15, 0.2) is 4.99 Å². The molecule has 0 unspecified atom stereocenters. The first-order chi connectivity index (χ1) is 8.74. The van der Waals surface area contributed by atoms with E-state index in [9.17, 15) is 0 Å². The van der Waals surface area contributed by atoms with Gasteiger partial charge < -0.3 is 20.3 Å². The number of aliphatic imine (C=N–C) groups is 1. The van der Waals surface area contributed by atoms with Crippen molar-refractivity contribution in [3.8, 4) is 0 Å². The van der Waals surface area contributed by atoms with Crippen molar-refractivity contribution in [3.05, 3.63) is 0 Å². The quantitative estimate of drug-likeness (QED) is 0.259. The third-order valence-corrected chi connectivity index (χ3v) is 2.72. The molecular weight excluding hydrogens is 355 g/mol. The van der Waals surface area contributed by atoms with Crippen LogP contribution in [0.1, 0.15) is 26.2 Å². The van der Waals surface area contributed by atoms with Crippen LogP contribution in [0.4, 0.5) is 0 Å². The summed E-state index contributed by atoms with van der Waals surface area (Å²) in [5.41, 5.74) is 0. The van der Waals surface area contributed by atoms with Gasteiger partial charge in [0.25, 0.3) is 0 Å². The SMILES string of the molecule is CCCCNC(=NC)NCCN(C)CCCOC.I. The molecule has 0 radical (unpaired) electrons. The number of rotatable bonds is 10. The minimum Gasteiger partial charge on any atom is -0.385 e. The van der Waals surface area contributed by atoms with Crippen LogP contribution in [-0.4, -0.2) is 64.9 Å². The predicted molar refractivity (Wildman–Crippen MR) is 93.7 cm³/mol. The first kappa shape index (κ1) is 21.2. The van der Waals surface area contributed by atoms with Crippen LogP contribution in [0.2, 0.25) is 0 Å². The summed E-state index contributed by atoms with van der Waals surface area (Å²) in [5.74, 6) is 0.897. The summed E-state index contributed by atoms with van der Waals surface area (Å²) >= 11 is 0. The van der Waals surface area contributed by atoms with Crippen LogP contribution in [-0.2, 0) is 4.74 Å². The molecule has 0 amide bonds. The standard InChI is InChI=1S/C13H30N4O.HI/c1-5-6-8-15-13(14-2)16-9-11-17(3)10-7-12-18-4;/h5-12H2,1-4H3,(H2,14,15,16);1H. The summed E-state index contributed by atoms with van der Waals surface area (Å²) in [7, 11) is 5.68. The average Bonchev–Trinajstić information content (AvgIpc) is 2.37. The fraction of sp³-hybridized carbons (Fsp3) is 0.923. The number of likely N-dealkylation sites (N-methyl/N-ethyl adjacent to an activating group) is 1. The Bertz CT molecular complexity index is 215. The van der Waals surface area contributed by atoms with E-state index >= 15 is 0 Å². The van der Waals surface area contributed by atoms with E-state index < -0.39 is 0 Å². The number of nitrogens with one attached hydrogen (secondary N) is 2. The van der Waals surface area contributed by atoms with Crippen molar-refractivity contribution in [2.24, 2.45) is 4.99 Å². The van der Waals surface area contributed by atoms with Gasteiger partial charge in [0.15, 0.2) is 5.96 Å². The minimum absolute atomic E-state index is 0. The van der Waals surface area contributed by atoms with Crippen molar-refractivity contribution in [2.45, 2.75) is 26.2 Å². The van der Waals surface area contributed by atoms with Gasteiger partial charge in [-0.15, -0.1) is 24.0 Å². The molecule has 0 atom stereocenters. The molecule has 5 nitrogen and oxygen atoms in total. The van der Waals surface area contributed by atoms with Gasteiger partial charge in [0, 0.05) is 46.9 Å². The molecule has 0 saturated carbocycles. The summed E-state index contributed by atoms with van der Waals surface area (Å²) in [5, 5.41) is 6.61. The molecule has 0 heterocycles. The van der Waals surface area contributed by atoms with Gasteiger partial charge in [-0.2, -0.15) is 0 Å². The third-order valence-electron chi connectivity index (χ3n) is 2.72. The molecule has 0 bridgehead atoms. The van der Waals surface area contributed by atoms with Gasteiger partial charge in [-0.1, -0.05) is 13.3 Å². The van der Waals surface area contributed by atoms with Crippen LogP contribution in [0, 0.1) is 0 Å². The smallest absolute Gasteiger partial charge is 0.191 e. The molecule has 0 rings (SSSR count). The Morgan fingerprint density at radius 1 is 1.16 bits per heavy atom. The van der Waals surface area contributed by atoms with Crippen molar-refractivity contribution < 1.29 is 4.74 Å². The van der Waals surface area contributed by atoms with Crippen LogP contribution < -0.4 is 10.6 Å². The molecular formula is C13H31IN4O. The number of ether oxygens (including phenoxy) is 1. The lowest BCUT2D eigenvalue weighted by molar-refractivity contribution is 0.180. The number of guanidine groups is 1. The Hall–Kier alpha value is -0.0800. The first-order valence-electron chi connectivity index (χ1n) is 6.86. The molecule has 19 heavy (non-hydrogen) atoms. The monoisotopic (exact) mass is 386 g/mol. The van der Waals surface area contributed by atoms with Crippen LogP contribution in [0.3, 0.4) is 0 Å². The van der Waals surface area contributed by atoms with Crippen molar-refractivity contribution in [1.29, 1.82) is 0 Å². The lowest BCUT2D eigenvalue weighted by atomic mass is 10.3. The fourth-order valence-corrected chi connectivity index (χ4v) is 1.56. The number of nitrogens with zero attached hydrogens (tertiary/aromatic N) is 2. The van der Waals surface area contributed by atoms with Gasteiger partial charge in [-0.05, 0) is 19.9 Å². The second-order valence-electron chi connectivity index (χ2n) is 4.43. The molecule has 0 spiro atoms. The molecule has 0 aliphatic carbocycles. The zero-order valence-electron chi connectivity index (χ0n) is 12.9. The van der Waals surface area contributed by atoms with E-state index in [1.165, 1.54) is 12.8 Å².